The Kier molecular flexibility index (Phi) is 4.83. The lowest BCUT2D eigenvalue weighted by Gasteiger charge is -2.42. The molecule has 1 aliphatic heterocycles. The number of carbonyl (C=O) groups is 3. The van der Waals surface area contributed by atoms with E-state index < -0.39 is 0 Å². The standard InChI is InChI=1S/C21H26N4O3/c1-14(26)22-12-20(27)24-9-10-25(19(13-24)15-3-4-15)21(28)17-6-5-16-7-8-23(2)18(16)11-17/h5-8,11,15,19H,3-4,9-10,12-13H2,1-2H3,(H,22,26). The number of piperazine rings is 1. The molecule has 2 aliphatic rings. The van der Waals surface area contributed by atoms with Crippen LogP contribution >= 0.6 is 0 Å². The van der Waals surface area contributed by atoms with Gasteiger partial charge in [-0.3, -0.25) is 14.4 Å². The first-order valence-corrected chi connectivity index (χ1v) is 9.82. The highest BCUT2D eigenvalue weighted by atomic mass is 16.2. The van der Waals surface area contributed by atoms with E-state index in [9.17, 15) is 14.4 Å². The van der Waals surface area contributed by atoms with Gasteiger partial charge in [-0.25, -0.2) is 0 Å². The van der Waals surface area contributed by atoms with Gasteiger partial charge in [-0.2, -0.15) is 0 Å². The minimum absolute atomic E-state index is 0.0187. The number of rotatable bonds is 4. The molecule has 7 heteroatoms. The van der Waals surface area contributed by atoms with Gasteiger partial charge < -0.3 is 19.7 Å². The predicted octanol–water partition coefficient (Wildman–Crippen LogP) is 1.38. The van der Waals surface area contributed by atoms with Crippen molar-refractivity contribution in [1.29, 1.82) is 0 Å². The molecule has 1 unspecified atom stereocenters. The minimum atomic E-state index is -0.211. The minimum Gasteiger partial charge on any atom is -0.351 e. The van der Waals surface area contributed by atoms with Crippen LogP contribution in [-0.2, 0) is 16.6 Å². The van der Waals surface area contributed by atoms with Crippen LogP contribution < -0.4 is 5.32 Å². The summed E-state index contributed by atoms with van der Waals surface area (Å²) >= 11 is 0. The third-order valence-electron chi connectivity index (χ3n) is 5.82. The summed E-state index contributed by atoms with van der Waals surface area (Å²) in [5, 5.41) is 3.69. The van der Waals surface area contributed by atoms with E-state index >= 15 is 0 Å². The number of aryl methyl sites for hydroxylation is 1. The zero-order valence-electron chi connectivity index (χ0n) is 16.4. The fraction of sp³-hybridized carbons (Fsp3) is 0.476. The maximum Gasteiger partial charge on any atom is 0.254 e. The van der Waals surface area contributed by atoms with E-state index in [0.29, 0.717) is 31.1 Å². The normalized spacial score (nSPS) is 19.7. The predicted molar refractivity (Wildman–Crippen MR) is 106 cm³/mol. The van der Waals surface area contributed by atoms with E-state index in [2.05, 4.69) is 5.32 Å². The van der Waals surface area contributed by atoms with Crippen molar-refractivity contribution in [3.8, 4) is 0 Å². The van der Waals surface area contributed by atoms with Crippen LogP contribution in [0.25, 0.3) is 10.9 Å². The average Bonchev–Trinajstić information content (AvgIpc) is 3.48. The first-order chi connectivity index (χ1) is 13.4. The number of hydrogen-bond donors (Lipinski definition) is 1. The molecule has 1 aromatic carbocycles. The van der Waals surface area contributed by atoms with Crippen molar-refractivity contribution < 1.29 is 14.4 Å². The van der Waals surface area contributed by atoms with Gasteiger partial charge in [-0.15, -0.1) is 0 Å². The summed E-state index contributed by atoms with van der Waals surface area (Å²) in [5.41, 5.74) is 1.73. The molecule has 2 heterocycles. The van der Waals surface area contributed by atoms with E-state index in [-0.39, 0.29) is 30.3 Å². The summed E-state index contributed by atoms with van der Waals surface area (Å²) in [6.07, 6.45) is 4.18. The monoisotopic (exact) mass is 382 g/mol. The summed E-state index contributed by atoms with van der Waals surface area (Å²) < 4.78 is 2.02. The second-order valence-electron chi connectivity index (χ2n) is 7.85. The third-order valence-corrected chi connectivity index (χ3v) is 5.82. The fourth-order valence-corrected chi connectivity index (χ4v) is 4.05. The molecule has 0 bridgehead atoms. The first kappa shape index (κ1) is 18.5. The number of nitrogens with one attached hydrogen (secondary N) is 1. The number of aromatic nitrogens is 1. The highest BCUT2D eigenvalue weighted by molar-refractivity contribution is 5.98. The van der Waals surface area contributed by atoms with E-state index in [4.69, 9.17) is 0 Å². The van der Waals surface area contributed by atoms with Gasteiger partial charge in [0, 0.05) is 50.9 Å². The van der Waals surface area contributed by atoms with Crippen LogP contribution in [0.4, 0.5) is 0 Å². The Hall–Kier alpha value is -2.83. The second kappa shape index (κ2) is 7.30. The topological polar surface area (TPSA) is 74.7 Å². The van der Waals surface area contributed by atoms with E-state index in [1.54, 1.807) is 4.90 Å². The maximum absolute atomic E-state index is 13.3. The molecule has 148 valence electrons. The number of benzene rings is 1. The lowest BCUT2D eigenvalue weighted by Crippen LogP contribution is -2.58. The van der Waals surface area contributed by atoms with Gasteiger partial charge in [0.15, 0.2) is 0 Å². The summed E-state index contributed by atoms with van der Waals surface area (Å²) in [6.45, 7) is 2.99. The third kappa shape index (κ3) is 3.61. The summed E-state index contributed by atoms with van der Waals surface area (Å²) in [4.78, 5) is 40.5. The molecular formula is C21H26N4O3. The van der Waals surface area contributed by atoms with Crippen molar-refractivity contribution in [2.45, 2.75) is 25.8 Å². The van der Waals surface area contributed by atoms with Crippen molar-refractivity contribution >= 4 is 28.6 Å². The lowest BCUT2D eigenvalue weighted by molar-refractivity contribution is -0.134. The SMILES string of the molecule is CC(=O)NCC(=O)N1CCN(C(=O)c2ccc3ccn(C)c3c2)C(C2CC2)C1. The van der Waals surface area contributed by atoms with Crippen LogP contribution in [0, 0.1) is 5.92 Å². The molecule has 28 heavy (non-hydrogen) atoms. The van der Waals surface area contributed by atoms with Crippen LogP contribution in [0.2, 0.25) is 0 Å². The molecule has 3 amide bonds. The van der Waals surface area contributed by atoms with E-state index in [0.717, 1.165) is 23.7 Å². The number of fused-ring (bicyclic) bond motifs is 1. The summed E-state index contributed by atoms with van der Waals surface area (Å²) in [6, 6.07) is 7.92. The summed E-state index contributed by atoms with van der Waals surface area (Å²) in [5.74, 6) is 0.197. The highest BCUT2D eigenvalue weighted by Gasteiger charge is 2.42. The molecule has 1 aliphatic carbocycles. The molecular weight excluding hydrogens is 356 g/mol. The largest absolute Gasteiger partial charge is 0.351 e. The Balaban J connectivity index is 1.50. The van der Waals surface area contributed by atoms with E-state index in [1.165, 1.54) is 6.92 Å². The van der Waals surface area contributed by atoms with Crippen LogP contribution in [0.1, 0.15) is 30.1 Å². The van der Waals surface area contributed by atoms with Gasteiger partial charge in [-0.1, -0.05) is 6.07 Å². The van der Waals surface area contributed by atoms with Gasteiger partial charge in [-0.05, 0) is 42.3 Å². The molecule has 7 nitrogen and oxygen atoms in total. The van der Waals surface area contributed by atoms with Crippen LogP contribution in [0.3, 0.4) is 0 Å². The number of amides is 3. The second-order valence-corrected chi connectivity index (χ2v) is 7.85. The van der Waals surface area contributed by atoms with Crippen LogP contribution in [-0.4, -0.2) is 64.3 Å². The zero-order valence-corrected chi connectivity index (χ0v) is 16.4. The zero-order chi connectivity index (χ0) is 19.8. The highest BCUT2D eigenvalue weighted by Crippen LogP contribution is 2.37. The molecule has 1 aromatic heterocycles. The summed E-state index contributed by atoms with van der Waals surface area (Å²) in [7, 11) is 1.98. The molecule has 1 saturated carbocycles. The molecule has 1 atom stereocenters. The van der Waals surface area contributed by atoms with Crippen molar-refractivity contribution in [2.75, 3.05) is 26.2 Å². The van der Waals surface area contributed by atoms with Crippen molar-refractivity contribution in [2.24, 2.45) is 13.0 Å². The van der Waals surface area contributed by atoms with Gasteiger partial charge in [0.05, 0.1) is 12.6 Å². The molecule has 0 radical (unpaired) electrons. The maximum atomic E-state index is 13.3. The van der Waals surface area contributed by atoms with Gasteiger partial charge in [0.1, 0.15) is 0 Å². The van der Waals surface area contributed by atoms with Crippen molar-refractivity contribution in [3.05, 3.63) is 36.0 Å². The Morgan fingerprint density at radius 2 is 1.93 bits per heavy atom. The smallest absolute Gasteiger partial charge is 0.254 e. The number of carbonyl (C=O) groups excluding carboxylic acids is 3. The Bertz CT molecular complexity index is 931. The number of hydrogen-bond acceptors (Lipinski definition) is 3. The Morgan fingerprint density at radius 3 is 2.64 bits per heavy atom. The molecule has 2 aromatic rings. The Labute approximate surface area is 164 Å². The van der Waals surface area contributed by atoms with Crippen LogP contribution in [0.15, 0.2) is 30.5 Å². The molecule has 4 rings (SSSR count). The molecule has 0 spiro atoms. The van der Waals surface area contributed by atoms with Gasteiger partial charge in [0.25, 0.3) is 5.91 Å². The molecule has 2 fully saturated rings. The fourth-order valence-electron chi connectivity index (χ4n) is 4.05. The molecule has 1 saturated heterocycles. The lowest BCUT2D eigenvalue weighted by atomic mass is 10.0. The average molecular weight is 382 g/mol. The number of nitrogens with zero attached hydrogens (tertiary/aromatic N) is 3. The van der Waals surface area contributed by atoms with Gasteiger partial charge >= 0.3 is 0 Å². The quantitative estimate of drug-likeness (QED) is 0.868. The van der Waals surface area contributed by atoms with Crippen LogP contribution in [0.5, 0.6) is 0 Å². The van der Waals surface area contributed by atoms with Crippen molar-refractivity contribution in [3.63, 3.8) is 0 Å². The molecule has 1 N–H and O–H groups in total. The van der Waals surface area contributed by atoms with Crippen molar-refractivity contribution in [1.82, 2.24) is 19.7 Å². The van der Waals surface area contributed by atoms with Gasteiger partial charge in [0.2, 0.25) is 11.8 Å². The van der Waals surface area contributed by atoms with E-state index in [1.807, 2.05) is 47.0 Å². The Morgan fingerprint density at radius 1 is 1.14 bits per heavy atom. The first-order valence-electron chi connectivity index (χ1n) is 9.82.